The SMILES string of the molecule is CCn1c(S[C@H](C)C(=O)N(C)[C@H]2CCS(=O)(=O)C2)nnc1-c1ccccc1. The summed E-state index contributed by atoms with van der Waals surface area (Å²) >= 11 is 1.35. The number of hydrogen-bond acceptors (Lipinski definition) is 6. The fourth-order valence-corrected chi connectivity index (χ4v) is 6.01. The average molecular weight is 409 g/mol. The van der Waals surface area contributed by atoms with Crippen LogP contribution in [0, 0.1) is 0 Å². The maximum absolute atomic E-state index is 12.8. The summed E-state index contributed by atoms with van der Waals surface area (Å²) in [7, 11) is -1.34. The third-order valence-corrected chi connectivity index (χ3v) is 7.62. The number of aromatic nitrogens is 3. The van der Waals surface area contributed by atoms with Crippen molar-refractivity contribution < 1.29 is 13.2 Å². The number of carbonyl (C=O) groups excluding carboxylic acids is 1. The van der Waals surface area contributed by atoms with Crippen molar-refractivity contribution in [2.24, 2.45) is 0 Å². The van der Waals surface area contributed by atoms with Crippen LogP contribution in [-0.2, 0) is 21.2 Å². The molecule has 7 nitrogen and oxygen atoms in total. The number of carbonyl (C=O) groups is 1. The summed E-state index contributed by atoms with van der Waals surface area (Å²) < 4.78 is 25.4. The average Bonchev–Trinajstić information content (AvgIpc) is 3.23. The van der Waals surface area contributed by atoms with Crippen molar-refractivity contribution in [2.75, 3.05) is 18.6 Å². The first-order chi connectivity index (χ1) is 12.8. The number of benzene rings is 1. The predicted molar refractivity (Wildman–Crippen MR) is 106 cm³/mol. The molecule has 1 aromatic carbocycles. The molecule has 1 fully saturated rings. The molecule has 27 heavy (non-hydrogen) atoms. The number of sulfone groups is 1. The summed E-state index contributed by atoms with van der Waals surface area (Å²) in [6, 6.07) is 9.57. The topological polar surface area (TPSA) is 85.2 Å². The monoisotopic (exact) mass is 408 g/mol. The van der Waals surface area contributed by atoms with E-state index in [4.69, 9.17) is 0 Å². The van der Waals surface area contributed by atoms with Gasteiger partial charge >= 0.3 is 0 Å². The van der Waals surface area contributed by atoms with Gasteiger partial charge in [0.1, 0.15) is 0 Å². The third-order valence-electron chi connectivity index (χ3n) is 4.80. The molecular formula is C18H24N4O3S2. The molecule has 9 heteroatoms. The molecular weight excluding hydrogens is 384 g/mol. The highest BCUT2D eigenvalue weighted by molar-refractivity contribution is 8.00. The van der Waals surface area contributed by atoms with E-state index >= 15 is 0 Å². The fraction of sp³-hybridized carbons (Fsp3) is 0.500. The fourth-order valence-electron chi connectivity index (χ4n) is 3.22. The molecule has 3 rings (SSSR count). The quantitative estimate of drug-likeness (QED) is 0.681. The Morgan fingerprint density at radius 3 is 2.63 bits per heavy atom. The first-order valence-corrected chi connectivity index (χ1v) is 11.6. The molecule has 0 N–H and O–H groups in total. The van der Waals surface area contributed by atoms with Gasteiger partial charge in [-0.25, -0.2) is 8.42 Å². The molecule has 0 saturated carbocycles. The van der Waals surface area contributed by atoms with Crippen LogP contribution in [0.3, 0.4) is 0 Å². The Balaban J connectivity index is 1.73. The Hall–Kier alpha value is -1.87. The number of amides is 1. The maximum atomic E-state index is 12.8. The van der Waals surface area contributed by atoms with E-state index in [0.29, 0.717) is 18.1 Å². The minimum Gasteiger partial charge on any atom is -0.341 e. The molecule has 0 spiro atoms. The van der Waals surface area contributed by atoms with Gasteiger partial charge in [0.05, 0.1) is 16.8 Å². The molecule has 2 atom stereocenters. The molecule has 2 aromatic rings. The van der Waals surface area contributed by atoms with E-state index in [-0.39, 0.29) is 28.7 Å². The van der Waals surface area contributed by atoms with Crippen LogP contribution in [0.15, 0.2) is 35.5 Å². The van der Waals surface area contributed by atoms with E-state index < -0.39 is 9.84 Å². The summed E-state index contributed by atoms with van der Waals surface area (Å²) in [6.07, 6.45) is 0.505. The van der Waals surface area contributed by atoms with Gasteiger partial charge in [-0.1, -0.05) is 42.1 Å². The second-order valence-corrected chi connectivity index (χ2v) is 10.2. The number of rotatable bonds is 6. The van der Waals surface area contributed by atoms with E-state index in [1.54, 1.807) is 11.9 Å². The van der Waals surface area contributed by atoms with Crippen molar-refractivity contribution in [1.29, 1.82) is 0 Å². The van der Waals surface area contributed by atoms with Gasteiger partial charge in [-0.05, 0) is 20.3 Å². The van der Waals surface area contributed by atoms with E-state index in [0.717, 1.165) is 11.4 Å². The molecule has 146 valence electrons. The van der Waals surface area contributed by atoms with Gasteiger partial charge in [-0.3, -0.25) is 4.79 Å². The molecule has 2 heterocycles. The van der Waals surface area contributed by atoms with Crippen LogP contribution >= 0.6 is 11.8 Å². The van der Waals surface area contributed by atoms with Crippen LogP contribution in [0.1, 0.15) is 20.3 Å². The van der Waals surface area contributed by atoms with Crippen LogP contribution in [0.2, 0.25) is 0 Å². The first-order valence-electron chi connectivity index (χ1n) is 8.94. The molecule has 0 aliphatic carbocycles. The van der Waals surface area contributed by atoms with E-state index in [1.807, 2.05) is 48.7 Å². The van der Waals surface area contributed by atoms with Gasteiger partial charge in [0.15, 0.2) is 20.8 Å². The van der Waals surface area contributed by atoms with Gasteiger partial charge in [-0.15, -0.1) is 10.2 Å². The molecule has 1 saturated heterocycles. The molecule has 1 aliphatic rings. The summed E-state index contributed by atoms with van der Waals surface area (Å²) in [4.78, 5) is 14.4. The molecule has 0 radical (unpaired) electrons. The highest BCUT2D eigenvalue weighted by Crippen LogP contribution is 2.28. The minimum absolute atomic E-state index is 0.0515. The van der Waals surface area contributed by atoms with Crippen molar-refractivity contribution in [2.45, 2.75) is 43.3 Å². The Kier molecular flexibility index (Phi) is 5.90. The van der Waals surface area contributed by atoms with E-state index in [9.17, 15) is 13.2 Å². The molecule has 0 bridgehead atoms. The lowest BCUT2D eigenvalue weighted by molar-refractivity contribution is -0.130. The van der Waals surface area contributed by atoms with Crippen LogP contribution in [0.25, 0.3) is 11.4 Å². The Morgan fingerprint density at radius 2 is 2.04 bits per heavy atom. The van der Waals surface area contributed by atoms with Crippen LogP contribution in [0.5, 0.6) is 0 Å². The van der Waals surface area contributed by atoms with Gasteiger partial charge in [-0.2, -0.15) is 0 Å². The second kappa shape index (κ2) is 8.02. The second-order valence-electron chi connectivity index (χ2n) is 6.68. The lowest BCUT2D eigenvalue weighted by Gasteiger charge is -2.26. The summed E-state index contributed by atoms with van der Waals surface area (Å²) in [5.41, 5.74) is 0.978. The Morgan fingerprint density at radius 1 is 1.33 bits per heavy atom. The third kappa shape index (κ3) is 4.35. The standard InChI is InChI=1S/C18H24N4O3S2/c1-4-22-16(14-8-6-5-7-9-14)19-20-18(22)26-13(2)17(23)21(3)15-10-11-27(24,25)12-15/h5-9,13,15H,4,10-12H2,1-3H3/t13-,15+/m1/s1. The smallest absolute Gasteiger partial charge is 0.235 e. The first kappa shape index (κ1) is 19.9. The van der Waals surface area contributed by atoms with Crippen molar-refractivity contribution in [3.8, 4) is 11.4 Å². The van der Waals surface area contributed by atoms with Gasteiger partial charge in [0.2, 0.25) is 5.91 Å². The molecule has 1 aliphatic heterocycles. The number of thioether (sulfide) groups is 1. The van der Waals surface area contributed by atoms with Gasteiger partial charge in [0.25, 0.3) is 0 Å². The normalized spacial score (nSPS) is 19.7. The Labute approximate surface area is 164 Å². The largest absolute Gasteiger partial charge is 0.341 e. The van der Waals surface area contributed by atoms with Crippen LogP contribution in [-0.4, -0.2) is 63.8 Å². The molecule has 1 amide bonds. The van der Waals surface area contributed by atoms with Crippen molar-refractivity contribution in [1.82, 2.24) is 19.7 Å². The summed E-state index contributed by atoms with van der Waals surface area (Å²) in [6.45, 7) is 4.53. The van der Waals surface area contributed by atoms with Crippen molar-refractivity contribution in [3.63, 3.8) is 0 Å². The zero-order valence-electron chi connectivity index (χ0n) is 15.7. The van der Waals surface area contributed by atoms with Crippen LogP contribution < -0.4 is 0 Å². The minimum atomic E-state index is -3.02. The highest BCUT2D eigenvalue weighted by Gasteiger charge is 2.34. The summed E-state index contributed by atoms with van der Waals surface area (Å²) in [5, 5.41) is 8.88. The summed E-state index contributed by atoms with van der Waals surface area (Å²) in [5.74, 6) is 0.890. The lowest BCUT2D eigenvalue weighted by Crippen LogP contribution is -2.41. The van der Waals surface area contributed by atoms with Crippen molar-refractivity contribution >= 4 is 27.5 Å². The van der Waals surface area contributed by atoms with Gasteiger partial charge < -0.3 is 9.47 Å². The zero-order valence-corrected chi connectivity index (χ0v) is 17.3. The number of hydrogen-bond donors (Lipinski definition) is 0. The highest BCUT2D eigenvalue weighted by atomic mass is 32.2. The molecule has 1 aromatic heterocycles. The Bertz CT molecular complexity index is 912. The van der Waals surface area contributed by atoms with E-state index in [2.05, 4.69) is 10.2 Å². The van der Waals surface area contributed by atoms with Crippen molar-refractivity contribution in [3.05, 3.63) is 30.3 Å². The number of nitrogens with zero attached hydrogens (tertiary/aromatic N) is 4. The maximum Gasteiger partial charge on any atom is 0.235 e. The van der Waals surface area contributed by atoms with E-state index in [1.165, 1.54) is 11.8 Å². The lowest BCUT2D eigenvalue weighted by atomic mass is 10.2. The van der Waals surface area contributed by atoms with Crippen LogP contribution in [0.4, 0.5) is 0 Å². The molecule has 0 unspecified atom stereocenters. The predicted octanol–water partition coefficient (Wildman–Crippen LogP) is 2.09. The van der Waals surface area contributed by atoms with Gasteiger partial charge in [0, 0.05) is 25.2 Å². The zero-order chi connectivity index (χ0) is 19.6.